The molecule has 1 N–H and O–H groups in total. The van der Waals surface area contributed by atoms with Gasteiger partial charge in [-0.15, -0.1) is 10.2 Å². The number of aryl methyl sites for hydroxylation is 2. The Morgan fingerprint density at radius 2 is 1.88 bits per heavy atom. The van der Waals surface area contributed by atoms with Crippen molar-refractivity contribution in [1.82, 2.24) is 10.2 Å². The van der Waals surface area contributed by atoms with Crippen molar-refractivity contribution in [3.8, 4) is 5.75 Å². The number of nitrogens with zero attached hydrogens (tertiary/aromatic N) is 2. The summed E-state index contributed by atoms with van der Waals surface area (Å²) in [5.74, 6) is 0.370. The third-order valence-electron chi connectivity index (χ3n) is 3.88. The molecule has 136 valence electrons. The summed E-state index contributed by atoms with van der Waals surface area (Å²) in [6.45, 7) is 4.10. The Balaban J connectivity index is 1.90. The number of rotatable bonds is 6. The second-order valence-electron chi connectivity index (χ2n) is 6.12. The molecule has 0 fully saturated rings. The number of anilines is 1. The lowest BCUT2D eigenvalue weighted by Gasteiger charge is -2.19. The first kappa shape index (κ1) is 18.5. The van der Waals surface area contributed by atoms with Crippen molar-refractivity contribution in [1.29, 1.82) is 0 Å². The molecule has 6 nitrogen and oxygen atoms in total. The lowest BCUT2D eigenvalue weighted by Crippen LogP contribution is -2.15. The lowest BCUT2D eigenvalue weighted by molar-refractivity contribution is 0.401. The third-order valence-corrected chi connectivity index (χ3v) is 7.30. The van der Waals surface area contributed by atoms with E-state index in [2.05, 4.69) is 14.9 Å². The van der Waals surface area contributed by atoms with Crippen LogP contribution in [0.5, 0.6) is 5.75 Å². The molecule has 0 aliphatic heterocycles. The molecule has 0 bridgehead atoms. The first-order valence-corrected chi connectivity index (χ1v) is 11.3. The van der Waals surface area contributed by atoms with E-state index in [0.29, 0.717) is 11.0 Å². The van der Waals surface area contributed by atoms with E-state index in [4.69, 9.17) is 4.74 Å². The molecule has 0 saturated heterocycles. The average Bonchev–Trinajstić information content (AvgIpc) is 2.98. The number of aromatic nitrogens is 2. The number of benzene rings is 1. The fraction of sp³-hybridized carbons (Fsp3) is 0.500. The van der Waals surface area contributed by atoms with Crippen LogP contribution in [-0.2, 0) is 22.9 Å². The number of ether oxygens (including phenoxy) is 1. The molecule has 25 heavy (non-hydrogen) atoms. The SMILES string of the molecule is COc1cc2c(cc1S(=O)(=O)Nc1nnc(SC(C)C)s1)CCCC2. The van der Waals surface area contributed by atoms with Gasteiger partial charge in [0.1, 0.15) is 10.6 Å². The summed E-state index contributed by atoms with van der Waals surface area (Å²) in [6, 6.07) is 3.59. The molecule has 1 aromatic heterocycles. The first-order chi connectivity index (χ1) is 11.9. The molecule has 1 aliphatic carbocycles. The van der Waals surface area contributed by atoms with E-state index in [1.54, 1.807) is 17.8 Å². The van der Waals surface area contributed by atoms with E-state index in [-0.39, 0.29) is 10.0 Å². The van der Waals surface area contributed by atoms with Gasteiger partial charge in [0.25, 0.3) is 10.0 Å². The van der Waals surface area contributed by atoms with Crippen molar-refractivity contribution in [2.75, 3.05) is 11.8 Å². The highest BCUT2D eigenvalue weighted by Crippen LogP contribution is 2.34. The van der Waals surface area contributed by atoms with Crippen molar-refractivity contribution in [3.63, 3.8) is 0 Å². The van der Waals surface area contributed by atoms with Gasteiger partial charge in [-0.05, 0) is 48.9 Å². The number of fused-ring (bicyclic) bond motifs is 1. The van der Waals surface area contributed by atoms with Gasteiger partial charge in [-0.2, -0.15) is 0 Å². The lowest BCUT2D eigenvalue weighted by atomic mass is 9.92. The highest BCUT2D eigenvalue weighted by molar-refractivity contribution is 8.01. The minimum absolute atomic E-state index is 0.156. The van der Waals surface area contributed by atoms with Gasteiger partial charge in [-0.1, -0.05) is 36.9 Å². The maximum Gasteiger partial charge on any atom is 0.267 e. The van der Waals surface area contributed by atoms with Gasteiger partial charge in [0, 0.05) is 5.25 Å². The summed E-state index contributed by atoms with van der Waals surface area (Å²) < 4.78 is 34.3. The van der Waals surface area contributed by atoms with Crippen LogP contribution in [0.2, 0.25) is 0 Å². The summed E-state index contributed by atoms with van der Waals surface area (Å²) in [7, 11) is -2.29. The smallest absolute Gasteiger partial charge is 0.267 e. The van der Waals surface area contributed by atoms with E-state index in [1.807, 2.05) is 19.9 Å². The Morgan fingerprint density at radius 1 is 1.20 bits per heavy atom. The van der Waals surface area contributed by atoms with Gasteiger partial charge in [0.05, 0.1) is 7.11 Å². The fourth-order valence-electron chi connectivity index (χ4n) is 2.78. The highest BCUT2D eigenvalue weighted by atomic mass is 32.2. The quantitative estimate of drug-likeness (QED) is 0.746. The van der Waals surface area contributed by atoms with Crippen LogP contribution in [-0.4, -0.2) is 31.0 Å². The van der Waals surface area contributed by atoms with E-state index in [9.17, 15) is 8.42 Å². The molecule has 0 saturated carbocycles. The van der Waals surface area contributed by atoms with Gasteiger partial charge in [-0.25, -0.2) is 8.42 Å². The zero-order valence-electron chi connectivity index (χ0n) is 14.4. The van der Waals surface area contributed by atoms with Gasteiger partial charge in [-0.3, -0.25) is 4.72 Å². The maximum absolute atomic E-state index is 12.8. The summed E-state index contributed by atoms with van der Waals surface area (Å²) in [4.78, 5) is 0.156. The number of hydrogen-bond acceptors (Lipinski definition) is 7. The van der Waals surface area contributed by atoms with E-state index in [0.717, 1.165) is 35.6 Å². The van der Waals surface area contributed by atoms with Gasteiger partial charge in [0.2, 0.25) is 5.13 Å². The van der Waals surface area contributed by atoms with Crippen LogP contribution >= 0.6 is 23.1 Å². The molecule has 1 aromatic carbocycles. The zero-order chi connectivity index (χ0) is 18.0. The third kappa shape index (κ3) is 4.27. The average molecular weight is 400 g/mol. The molecular weight excluding hydrogens is 378 g/mol. The van der Waals surface area contributed by atoms with Crippen molar-refractivity contribution in [2.24, 2.45) is 0 Å². The Kier molecular flexibility index (Phi) is 5.55. The minimum Gasteiger partial charge on any atom is -0.495 e. The molecule has 1 heterocycles. The highest BCUT2D eigenvalue weighted by Gasteiger charge is 2.24. The molecule has 0 atom stereocenters. The first-order valence-electron chi connectivity index (χ1n) is 8.12. The number of nitrogens with one attached hydrogen (secondary N) is 1. The summed E-state index contributed by atoms with van der Waals surface area (Å²) >= 11 is 2.79. The van der Waals surface area contributed by atoms with Crippen LogP contribution in [0.4, 0.5) is 5.13 Å². The van der Waals surface area contributed by atoms with Gasteiger partial charge in [0.15, 0.2) is 4.34 Å². The Morgan fingerprint density at radius 3 is 2.52 bits per heavy atom. The Labute approximate surface area is 156 Å². The maximum atomic E-state index is 12.8. The molecule has 0 unspecified atom stereocenters. The number of methoxy groups -OCH3 is 1. The summed E-state index contributed by atoms with van der Waals surface area (Å²) in [6.07, 6.45) is 4.07. The monoisotopic (exact) mass is 399 g/mol. The van der Waals surface area contributed by atoms with E-state index in [1.165, 1.54) is 24.0 Å². The number of sulfonamides is 1. The molecule has 1 aliphatic rings. The topological polar surface area (TPSA) is 81.2 Å². The largest absolute Gasteiger partial charge is 0.495 e. The molecule has 9 heteroatoms. The molecule has 2 aromatic rings. The molecule has 3 rings (SSSR count). The minimum atomic E-state index is -3.78. The number of thioether (sulfide) groups is 1. The molecule has 0 amide bonds. The number of hydrogen-bond donors (Lipinski definition) is 1. The van der Waals surface area contributed by atoms with Crippen LogP contribution in [0.1, 0.15) is 37.8 Å². The fourth-order valence-corrected chi connectivity index (χ4v) is 6.19. The predicted octanol–water partition coefficient (Wildman–Crippen LogP) is 3.73. The van der Waals surface area contributed by atoms with Crippen molar-refractivity contribution >= 4 is 38.3 Å². The van der Waals surface area contributed by atoms with Crippen molar-refractivity contribution in [2.45, 2.75) is 54.0 Å². The Bertz CT molecular complexity index is 863. The van der Waals surface area contributed by atoms with Crippen LogP contribution in [0.25, 0.3) is 0 Å². The summed E-state index contributed by atoms with van der Waals surface area (Å²) in [5, 5.41) is 8.59. The second-order valence-corrected chi connectivity index (χ2v) is 10.6. The Hall–Kier alpha value is -1.32. The normalized spacial score (nSPS) is 14.4. The molecule has 0 spiro atoms. The predicted molar refractivity (Wildman–Crippen MR) is 101 cm³/mol. The van der Waals surface area contributed by atoms with Gasteiger partial charge >= 0.3 is 0 Å². The second kappa shape index (κ2) is 7.51. The summed E-state index contributed by atoms with van der Waals surface area (Å²) in [5.41, 5.74) is 2.26. The van der Waals surface area contributed by atoms with E-state index < -0.39 is 10.0 Å². The van der Waals surface area contributed by atoms with Crippen LogP contribution in [0, 0.1) is 0 Å². The zero-order valence-corrected chi connectivity index (χ0v) is 16.9. The molecular formula is C16H21N3O3S3. The van der Waals surface area contributed by atoms with Gasteiger partial charge < -0.3 is 4.74 Å². The van der Waals surface area contributed by atoms with Crippen LogP contribution < -0.4 is 9.46 Å². The van der Waals surface area contributed by atoms with Crippen molar-refractivity contribution < 1.29 is 13.2 Å². The van der Waals surface area contributed by atoms with E-state index >= 15 is 0 Å². The van der Waals surface area contributed by atoms with Crippen LogP contribution in [0.3, 0.4) is 0 Å². The standard InChI is InChI=1S/C16H21N3O3S3/c1-10(2)23-16-18-17-15(24-16)19-25(20,21)14-9-12-7-5-4-6-11(12)8-13(14)22-3/h8-10H,4-7H2,1-3H3,(H,17,19). The molecule has 0 radical (unpaired) electrons. The van der Waals surface area contributed by atoms with Crippen LogP contribution in [0.15, 0.2) is 21.4 Å². The van der Waals surface area contributed by atoms with Crippen molar-refractivity contribution in [3.05, 3.63) is 23.3 Å².